The Hall–Kier alpha value is -3.00. The molecule has 1 saturated carbocycles. The van der Waals surface area contributed by atoms with Crippen molar-refractivity contribution in [2.24, 2.45) is 10.9 Å². The zero-order chi connectivity index (χ0) is 24.6. The molecule has 0 unspecified atom stereocenters. The molecule has 2 fully saturated rings. The number of piperazine rings is 1. The molecule has 2 aliphatic heterocycles. The first kappa shape index (κ1) is 23.7. The topological polar surface area (TPSA) is 96.9 Å². The fraction of sp³-hybridized carbons (Fsp3) is 0.556. The first-order valence-electron chi connectivity index (χ1n) is 12.8. The van der Waals surface area contributed by atoms with Crippen LogP contribution in [0.2, 0.25) is 0 Å². The van der Waals surface area contributed by atoms with Gasteiger partial charge in [-0.05, 0) is 64.0 Å². The Labute approximate surface area is 207 Å². The van der Waals surface area contributed by atoms with Gasteiger partial charge in [-0.3, -0.25) is 4.79 Å². The molecule has 186 valence electrons. The van der Waals surface area contributed by atoms with Crippen LogP contribution in [0.25, 0.3) is 0 Å². The minimum Gasteiger partial charge on any atom is -0.463 e. The Morgan fingerprint density at radius 1 is 1.06 bits per heavy atom. The first-order chi connectivity index (χ1) is 16.8. The molecule has 0 radical (unpaired) electrons. The predicted molar refractivity (Wildman–Crippen MR) is 137 cm³/mol. The lowest BCUT2D eigenvalue weighted by atomic mass is 9.77. The number of carbonyl (C=O) groups is 1. The van der Waals surface area contributed by atoms with Crippen LogP contribution in [0.1, 0.15) is 63.0 Å². The maximum Gasteiger partial charge on any atom is 0.246 e. The second kappa shape index (κ2) is 9.57. The number of ether oxygens (including phenoxy) is 1. The van der Waals surface area contributed by atoms with Crippen LogP contribution in [0, 0.1) is 5.92 Å². The van der Waals surface area contributed by atoms with Crippen molar-refractivity contribution in [2.75, 3.05) is 39.0 Å². The summed E-state index contributed by atoms with van der Waals surface area (Å²) in [5.74, 6) is 2.14. The number of aromatic nitrogens is 2. The van der Waals surface area contributed by atoms with Crippen LogP contribution in [-0.4, -0.2) is 70.2 Å². The molecule has 1 aromatic carbocycles. The Morgan fingerprint density at radius 2 is 1.74 bits per heavy atom. The van der Waals surface area contributed by atoms with Crippen LogP contribution in [0.4, 0.5) is 11.5 Å². The van der Waals surface area contributed by atoms with Gasteiger partial charge in [0.25, 0.3) is 0 Å². The van der Waals surface area contributed by atoms with Crippen molar-refractivity contribution in [1.82, 2.24) is 19.8 Å². The van der Waals surface area contributed by atoms with Gasteiger partial charge in [-0.15, -0.1) is 0 Å². The summed E-state index contributed by atoms with van der Waals surface area (Å²) in [7, 11) is 2.12. The van der Waals surface area contributed by atoms with Gasteiger partial charge in [0, 0.05) is 38.2 Å². The Morgan fingerprint density at radius 3 is 2.43 bits per heavy atom. The number of amides is 1. The lowest BCUT2D eigenvalue weighted by Gasteiger charge is -2.34. The van der Waals surface area contributed by atoms with Gasteiger partial charge in [0.15, 0.2) is 11.5 Å². The predicted octanol–water partition coefficient (Wildman–Crippen LogP) is 3.79. The minimum atomic E-state index is -0.621. The normalized spacial score (nSPS) is 24.3. The number of nitrogens with zero attached hydrogens (tertiary/aromatic N) is 5. The molecule has 0 spiro atoms. The van der Waals surface area contributed by atoms with Crippen LogP contribution in [-0.2, 0) is 4.79 Å². The minimum absolute atomic E-state index is 0.322. The number of likely N-dealkylation sites (N-methyl/N-ethyl adjacent to an activating group) is 1. The molecule has 0 atom stereocenters. The van der Waals surface area contributed by atoms with Gasteiger partial charge in [-0.2, -0.15) is 4.98 Å². The Bertz CT molecular complexity index is 1100. The lowest BCUT2D eigenvalue weighted by Crippen LogP contribution is -2.47. The Kier molecular flexibility index (Phi) is 6.49. The largest absolute Gasteiger partial charge is 0.463 e. The SMILES string of the molecule is CN1CCN(C(=O)C[C@H]2CC[C@H](c3ccc(C4=Nc5c(N)ncnc5OC4(C)C)cc3)CC2)CC1. The van der Waals surface area contributed by atoms with Crippen LogP contribution in [0.5, 0.6) is 5.88 Å². The smallest absolute Gasteiger partial charge is 0.246 e. The second-order valence-electron chi connectivity index (χ2n) is 10.7. The van der Waals surface area contributed by atoms with Crippen molar-refractivity contribution in [3.63, 3.8) is 0 Å². The van der Waals surface area contributed by atoms with Crippen molar-refractivity contribution < 1.29 is 9.53 Å². The van der Waals surface area contributed by atoms with Crippen LogP contribution in [0.3, 0.4) is 0 Å². The number of hydrogen-bond donors (Lipinski definition) is 1. The van der Waals surface area contributed by atoms with Crippen molar-refractivity contribution in [3.05, 3.63) is 41.7 Å². The molecule has 35 heavy (non-hydrogen) atoms. The molecule has 0 bridgehead atoms. The van der Waals surface area contributed by atoms with E-state index in [-0.39, 0.29) is 0 Å². The van der Waals surface area contributed by atoms with E-state index in [9.17, 15) is 4.79 Å². The third-order valence-electron chi connectivity index (χ3n) is 7.78. The molecular weight excluding hydrogens is 440 g/mol. The molecule has 3 aliphatic rings. The summed E-state index contributed by atoms with van der Waals surface area (Å²) in [6, 6.07) is 8.70. The third-order valence-corrected chi connectivity index (χ3v) is 7.78. The highest BCUT2D eigenvalue weighted by molar-refractivity contribution is 6.09. The molecular formula is C27H36N6O2. The monoisotopic (exact) mass is 476 g/mol. The fourth-order valence-electron chi connectivity index (χ4n) is 5.55. The number of anilines is 1. The molecule has 1 aliphatic carbocycles. The average Bonchev–Trinajstić information content (AvgIpc) is 2.84. The maximum atomic E-state index is 12.7. The van der Waals surface area contributed by atoms with E-state index in [0.29, 0.717) is 41.5 Å². The molecule has 3 heterocycles. The number of fused-ring (bicyclic) bond motifs is 1. The summed E-state index contributed by atoms with van der Waals surface area (Å²) in [5, 5.41) is 0. The van der Waals surface area contributed by atoms with Gasteiger partial charge in [-0.25, -0.2) is 9.98 Å². The van der Waals surface area contributed by atoms with E-state index in [0.717, 1.165) is 63.1 Å². The zero-order valence-electron chi connectivity index (χ0n) is 21.0. The summed E-state index contributed by atoms with van der Waals surface area (Å²) in [4.78, 5) is 30.1. The molecule has 1 amide bonds. The van der Waals surface area contributed by atoms with Crippen molar-refractivity contribution >= 4 is 23.1 Å². The second-order valence-corrected chi connectivity index (χ2v) is 10.7. The zero-order valence-corrected chi connectivity index (χ0v) is 21.0. The van der Waals surface area contributed by atoms with Gasteiger partial charge in [0.1, 0.15) is 11.9 Å². The van der Waals surface area contributed by atoms with Gasteiger partial charge in [0.2, 0.25) is 11.8 Å². The summed E-state index contributed by atoms with van der Waals surface area (Å²) in [6.07, 6.45) is 6.62. The van der Waals surface area contributed by atoms with E-state index in [2.05, 4.69) is 51.1 Å². The van der Waals surface area contributed by atoms with Crippen LogP contribution < -0.4 is 10.5 Å². The molecule has 2 aromatic rings. The van der Waals surface area contributed by atoms with Crippen LogP contribution in [0.15, 0.2) is 35.6 Å². The van der Waals surface area contributed by atoms with Gasteiger partial charge < -0.3 is 20.3 Å². The first-order valence-corrected chi connectivity index (χ1v) is 12.8. The van der Waals surface area contributed by atoms with Gasteiger partial charge in [0.05, 0.1) is 5.71 Å². The molecule has 1 saturated heterocycles. The summed E-state index contributed by atoms with van der Waals surface area (Å²) in [5.41, 5.74) is 9.09. The number of hydrogen-bond acceptors (Lipinski definition) is 7. The van der Waals surface area contributed by atoms with E-state index in [1.54, 1.807) is 0 Å². The number of rotatable bonds is 4. The van der Waals surface area contributed by atoms with E-state index in [1.165, 1.54) is 11.9 Å². The highest BCUT2D eigenvalue weighted by Crippen LogP contribution is 2.40. The summed E-state index contributed by atoms with van der Waals surface area (Å²) in [6.45, 7) is 7.69. The average molecular weight is 477 g/mol. The number of nitrogens with two attached hydrogens (primary N) is 1. The molecule has 8 heteroatoms. The highest BCUT2D eigenvalue weighted by Gasteiger charge is 2.35. The maximum absolute atomic E-state index is 12.7. The Balaban J connectivity index is 1.21. The van der Waals surface area contributed by atoms with Gasteiger partial charge >= 0.3 is 0 Å². The van der Waals surface area contributed by atoms with Gasteiger partial charge in [-0.1, -0.05) is 24.3 Å². The number of aliphatic imine (C=N–C) groups is 1. The van der Waals surface area contributed by atoms with E-state index in [1.807, 2.05) is 13.8 Å². The number of benzene rings is 1. The van der Waals surface area contributed by atoms with Crippen molar-refractivity contribution in [3.8, 4) is 5.88 Å². The number of nitrogen functional groups attached to an aromatic ring is 1. The van der Waals surface area contributed by atoms with Crippen LogP contribution >= 0.6 is 0 Å². The lowest BCUT2D eigenvalue weighted by molar-refractivity contribution is -0.134. The third kappa shape index (κ3) is 5.03. The molecule has 5 rings (SSSR count). The quantitative estimate of drug-likeness (QED) is 0.721. The highest BCUT2D eigenvalue weighted by atomic mass is 16.5. The molecule has 1 aromatic heterocycles. The van der Waals surface area contributed by atoms with E-state index < -0.39 is 5.60 Å². The van der Waals surface area contributed by atoms with Crippen molar-refractivity contribution in [2.45, 2.75) is 57.5 Å². The standard InChI is InChI=1S/C27H36N6O2/c1-27(2)24(31-23-25(28)29-17-30-26(23)35-27)21-10-8-20(9-11-21)19-6-4-18(5-7-19)16-22(34)33-14-12-32(3)13-15-33/h8-11,17-19H,4-7,12-16H2,1-3H3,(H2,28,29,30)/t18-,19-. The fourth-order valence-corrected chi connectivity index (χ4v) is 5.55. The molecule has 8 nitrogen and oxygen atoms in total. The van der Waals surface area contributed by atoms with Crippen molar-refractivity contribution in [1.29, 1.82) is 0 Å². The number of carbonyl (C=O) groups excluding carboxylic acids is 1. The van der Waals surface area contributed by atoms with E-state index in [4.69, 9.17) is 15.5 Å². The summed E-state index contributed by atoms with van der Waals surface area (Å²) < 4.78 is 6.11. The van der Waals surface area contributed by atoms with E-state index >= 15 is 0 Å². The summed E-state index contributed by atoms with van der Waals surface area (Å²) >= 11 is 0. The molecule has 2 N–H and O–H groups in total.